The molecular weight excluding hydrogens is 227 g/mol. The predicted molar refractivity (Wildman–Crippen MR) is 74.1 cm³/mol. The Morgan fingerprint density at radius 3 is 3.06 bits per heavy atom. The van der Waals surface area contributed by atoms with Crippen LogP contribution in [0.1, 0.15) is 17.5 Å². The summed E-state index contributed by atoms with van der Waals surface area (Å²) in [5.74, 6) is -0.134. The summed E-state index contributed by atoms with van der Waals surface area (Å²) in [4.78, 5) is 2.44. The van der Waals surface area contributed by atoms with Gasteiger partial charge >= 0.3 is 0 Å². The van der Waals surface area contributed by atoms with Gasteiger partial charge in [0.05, 0.1) is 0 Å². The van der Waals surface area contributed by atoms with E-state index in [1.165, 1.54) is 12.5 Å². The molecule has 0 aromatic heterocycles. The Balaban J connectivity index is 1.88. The van der Waals surface area contributed by atoms with Gasteiger partial charge in [-0.25, -0.2) is 4.39 Å². The van der Waals surface area contributed by atoms with Crippen molar-refractivity contribution in [3.05, 3.63) is 41.2 Å². The fourth-order valence-corrected chi connectivity index (χ4v) is 2.19. The maximum Gasteiger partial charge on any atom is 0.126 e. The highest BCUT2D eigenvalue weighted by Gasteiger charge is 2.05. The van der Waals surface area contributed by atoms with Gasteiger partial charge in [0.2, 0.25) is 0 Å². The summed E-state index contributed by atoms with van der Waals surface area (Å²) < 4.78 is 13.1. The Bertz CT molecular complexity index is 407. The summed E-state index contributed by atoms with van der Waals surface area (Å²) in [5, 5.41) is 3.39. The average molecular weight is 248 g/mol. The Kier molecular flexibility index (Phi) is 4.90. The van der Waals surface area contributed by atoms with Crippen molar-refractivity contribution >= 4 is 6.08 Å². The number of halogens is 1. The van der Waals surface area contributed by atoms with Crippen LogP contribution in [0.3, 0.4) is 0 Å². The largest absolute Gasteiger partial charge is 0.315 e. The van der Waals surface area contributed by atoms with Crippen LogP contribution in [-0.4, -0.2) is 37.6 Å². The van der Waals surface area contributed by atoms with Gasteiger partial charge in [-0.1, -0.05) is 18.2 Å². The molecule has 0 bridgehead atoms. The Morgan fingerprint density at radius 1 is 1.33 bits per heavy atom. The fraction of sp³-hybridized carbons (Fsp3) is 0.467. The number of benzene rings is 1. The molecule has 1 aliphatic heterocycles. The topological polar surface area (TPSA) is 15.3 Å². The van der Waals surface area contributed by atoms with Crippen molar-refractivity contribution in [1.82, 2.24) is 10.2 Å². The van der Waals surface area contributed by atoms with Crippen molar-refractivity contribution in [3.8, 4) is 0 Å². The molecule has 3 heteroatoms. The highest BCUT2D eigenvalue weighted by molar-refractivity contribution is 5.50. The van der Waals surface area contributed by atoms with Gasteiger partial charge in [0.15, 0.2) is 0 Å². The van der Waals surface area contributed by atoms with Crippen molar-refractivity contribution in [2.45, 2.75) is 13.3 Å². The lowest BCUT2D eigenvalue weighted by Crippen LogP contribution is -2.28. The second-order valence-corrected chi connectivity index (χ2v) is 4.82. The van der Waals surface area contributed by atoms with E-state index in [4.69, 9.17) is 0 Å². The number of aryl methyl sites for hydroxylation is 1. The molecule has 1 fully saturated rings. The van der Waals surface area contributed by atoms with Gasteiger partial charge in [0, 0.05) is 19.6 Å². The number of nitrogens with zero attached hydrogens (tertiary/aromatic N) is 1. The minimum absolute atomic E-state index is 0.134. The van der Waals surface area contributed by atoms with Crippen LogP contribution in [0.4, 0.5) is 4.39 Å². The third-order valence-corrected chi connectivity index (χ3v) is 3.29. The molecule has 1 aromatic rings. The normalized spacial score (nSPS) is 18.1. The van der Waals surface area contributed by atoms with E-state index in [0.29, 0.717) is 5.56 Å². The molecule has 98 valence electrons. The molecule has 2 nitrogen and oxygen atoms in total. The Hall–Kier alpha value is -1.19. The molecule has 1 saturated heterocycles. The minimum atomic E-state index is -0.134. The second kappa shape index (κ2) is 6.66. The smallest absolute Gasteiger partial charge is 0.126 e. The number of hydrogen-bond donors (Lipinski definition) is 1. The highest BCUT2D eigenvalue weighted by atomic mass is 19.1. The molecule has 0 unspecified atom stereocenters. The van der Waals surface area contributed by atoms with Crippen LogP contribution in [-0.2, 0) is 0 Å². The molecule has 0 saturated carbocycles. The first-order chi connectivity index (χ1) is 8.75. The Labute approximate surface area is 108 Å². The predicted octanol–water partition coefficient (Wildman–Crippen LogP) is 2.44. The van der Waals surface area contributed by atoms with Gasteiger partial charge in [-0.15, -0.1) is 0 Å². The number of rotatable bonds is 3. The van der Waals surface area contributed by atoms with Crippen LogP contribution in [0.25, 0.3) is 6.08 Å². The van der Waals surface area contributed by atoms with E-state index >= 15 is 0 Å². The quantitative estimate of drug-likeness (QED) is 0.884. The summed E-state index contributed by atoms with van der Waals surface area (Å²) in [6.07, 6.45) is 5.45. The standard InChI is InChI=1S/C15H21FN2/c1-13-12-14(5-6-15(13)16)4-2-9-18-10-3-7-17-8-11-18/h2,4-6,12,17H,3,7-11H2,1H3/b4-2+. The molecular formula is C15H21FN2. The Morgan fingerprint density at radius 2 is 2.22 bits per heavy atom. The zero-order valence-electron chi connectivity index (χ0n) is 11.0. The van der Waals surface area contributed by atoms with Crippen molar-refractivity contribution in [2.75, 3.05) is 32.7 Å². The summed E-state index contributed by atoms with van der Waals surface area (Å²) >= 11 is 0. The molecule has 0 spiro atoms. The van der Waals surface area contributed by atoms with Crippen LogP contribution >= 0.6 is 0 Å². The lowest BCUT2D eigenvalue weighted by Gasteiger charge is -2.16. The average Bonchev–Trinajstić information content (AvgIpc) is 2.62. The molecule has 2 rings (SSSR count). The second-order valence-electron chi connectivity index (χ2n) is 4.82. The summed E-state index contributed by atoms with van der Waals surface area (Å²) in [7, 11) is 0. The molecule has 0 atom stereocenters. The van der Waals surface area contributed by atoms with Crippen molar-refractivity contribution in [1.29, 1.82) is 0 Å². The van der Waals surface area contributed by atoms with Gasteiger partial charge in [-0.05, 0) is 49.7 Å². The maximum absolute atomic E-state index is 13.1. The zero-order valence-corrected chi connectivity index (χ0v) is 11.0. The molecule has 0 amide bonds. The highest BCUT2D eigenvalue weighted by Crippen LogP contribution is 2.10. The lowest BCUT2D eigenvalue weighted by atomic mass is 10.1. The van der Waals surface area contributed by atoms with E-state index in [1.807, 2.05) is 12.1 Å². The molecule has 0 radical (unpaired) electrons. The van der Waals surface area contributed by atoms with Crippen LogP contribution < -0.4 is 5.32 Å². The zero-order chi connectivity index (χ0) is 12.8. The molecule has 1 aromatic carbocycles. The van der Waals surface area contributed by atoms with Crippen LogP contribution in [0.2, 0.25) is 0 Å². The van der Waals surface area contributed by atoms with Crippen LogP contribution in [0.5, 0.6) is 0 Å². The first-order valence-electron chi connectivity index (χ1n) is 6.61. The number of hydrogen-bond acceptors (Lipinski definition) is 2. The molecule has 18 heavy (non-hydrogen) atoms. The van der Waals surface area contributed by atoms with Gasteiger partial charge in [-0.2, -0.15) is 0 Å². The monoisotopic (exact) mass is 248 g/mol. The molecule has 1 heterocycles. The lowest BCUT2D eigenvalue weighted by molar-refractivity contribution is 0.324. The van der Waals surface area contributed by atoms with E-state index in [2.05, 4.69) is 22.4 Å². The van der Waals surface area contributed by atoms with E-state index in [-0.39, 0.29) is 5.82 Å². The van der Waals surface area contributed by atoms with Crippen LogP contribution in [0.15, 0.2) is 24.3 Å². The third kappa shape index (κ3) is 3.93. The minimum Gasteiger partial charge on any atom is -0.315 e. The summed E-state index contributed by atoms with van der Waals surface area (Å²) in [6.45, 7) is 7.22. The van der Waals surface area contributed by atoms with Crippen molar-refractivity contribution in [2.24, 2.45) is 0 Å². The van der Waals surface area contributed by atoms with E-state index in [0.717, 1.165) is 38.3 Å². The van der Waals surface area contributed by atoms with Gasteiger partial charge in [0.1, 0.15) is 5.82 Å². The van der Waals surface area contributed by atoms with Crippen LogP contribution in [0, 0.1) is 12.7 Å². The van der Waals surface area contributed by atoms with Crippen molar-refractivity contribution in [3.63, 3.8) is 0 Å². The van der Waals surface area contributed by atoms with E-state index in [1.54, 1.807) is 6.92 Å². The fourth-order valence-electron chi connectivity index (χ4n) is 2.19. The van der Waals surface area contributed by atoms with Gasteiger partial charge in [-0.3, -0.25) is 4.90 Å². The molecule has 1 N–H and O–H groups in total. The van der Waals surface area contributed by atoms with E-state index < -0.39 is 0 Å². The van der Waals surface area contributed by atoms with E-state index in [9.17, 15) is 4.39 Å². The molecule has 0 aliphatic carbocycles. The molecule has 1 aliphatic rings. The third-order valence-electron chi connectivity index (χ3n) is 3.29. The van der Waals surface area contributed by atoms with Gasteiger partial charge in [0.25, 0.3) is 0 Å². The first-order valence-corrected chi connectivity index (χ1v) is 6.61. The first kappa shape index (κ1) is 13.2. The van der Waals surface area contributed by atoms with Crippen molar-refractivity contribution < 1.29 is 4.39 Å². The summed E-state index contributed by atoms with van der Waals surface area (Å²) in [6, 6.07) is 5.24. The summed E-state index contributed by atoms with van der Waals surface area (Å²) in [5.41, 5.74) is 1.78. The number of nitrogens with one attached hydrogen (secondary N) is 1. The SMILES string of the molecule is Cc1cc(/C=C/CN2CCCNCC2)ccc1F. The maximum atomic E-state index is 13.1. The van der Waals surface area contributed by atoms with Gasteiger partial charge < -0.3 is 5.32 Å².